The van der Waals surface area contributed by atoms with Crippen molar-refractivity contribution in [1.82, 2.24) is 15.5 Å². The summed E-state index contributed by atoms with van der Waals surface area (Å²) in [6.45, 7) is 0.00894. The fraction of sp³-hybridized carbons (Fsp3) is 0.562. The van der Waals surface area contributed by atoms with Gasteiger partial charge >= 0.3 is 12.2 Å². The van der Waals surface area contributed by atoms with E-state index in [2.05, 4.69) is 10.6 Å². The van der Waals surface area contributed by atoms with Gasteiger partial charge in [0.05, 0.1) is 6.54 Å². The molecule has 0 radical (unpaired) electrons. The van der Waals surface area contributed by atoms with Crippen LogP contribution in [-0.4, -0.2) is 56.9 Å². The highest BCUT2D eigenvalue weighted by Crippen LogP contribution is 2.20. The Hall–Kier alpha value is -1.96. The molecule has 0 spiro atoms. The Morgan fingerprint density at radius 3 is 2.79 bits per heavy atom. The average molecular weight is 344 g/mol. The molecule has 0 aromatic heterocycles. The molecule has 1 heterocycles. The second kappa shape index (κ2) is 7.74. The largest absolute Gasteiger partial charge is 0.401 e. The zero-order valence-electron chi connectivity index (χ0n) is 13.9. The smallest absolute Gasteiger partial charge is 0.378 e. The van der Waals surface area contributed by atoms with Gasteiger partial charge in [-0.25, -0.2) is 4.79 Å². The maximum atomic E-state index is 12.4. The third-order valence-corrected chi connectivity index (χ3v) is 3.89. The summed E-state index contributed by atoms with van der Waals surface area (Å²) in [5, 5.41) is 5.48. The Balaban J connectivity index is 1.75. The molecule has 1 aliphatic rings. The molecule has 1 aromatic rings. The van der Waals surface area contributed by atoms with E-state index in [0.29, 0.717) is 19.5 Å². The zero-order valence-corrected chi connectivity index (χ0v) is 13.9. The zero-order chi connectivity index (χ0) is 17.7. The molecule has 0 saturated carbocycles. The summed E-state index contributed by atoms with van der Waals surface area (Å²) in [6, 6.07) is 7.16. The Morgan fingerprint density at radius 1 is 1.38 bits per heavy atom. The maximum absolute atomic E-state index is 12.4. The van der Waals surface area contributed by atoms with E-state index < -0.39 is 12.7 Å². The van der Waals surface area contributed by atoms with Crippen molar-refractivity contribution >= 4 is 11.7 Å². The van der Waals surface area contributed by atoms with Gasteiger partial charge in [0, 0.05) is 45.5 Å². The van der Waals surface area contributed by atoms with E-state index in [1.807, 2.05) is 43.3 Å². The van der Waals surface area contributed by atoms with Crippen LogP contribution in [0.4, 0.5) is 23.7 Å². The van der Waals surface area contributed by atoms with E-state index in [0.717, 1.165) is 11.3 Å². The average Bonchev–Trinajstić information content (AvgIpc) is 2.90. The number of likely N-dealkylation sites (tertiary alicyclic amines) is 1. The van der Waals surface area contributed by atoms with E-state index in [4.69, 9.17) is 0 Å². The fourth-order valence-electron chi connectivity index (χ4n) is 2.71. The van der Waals surface area contributed by atoms with Crippen LogP contribution in [0.1, 0.15) is 12.0 Å². The van der Waals surface area contributed by atoms with Gasteiger partial charge in [0.25, 0.3) is 0 Å². The second-order valence-corrected chi connectivity index (χ2v) is 6.23. The Kier molecular flexibility index (Phi) is 5.93. The highest BCUT2D eigenvalue weighted by molar-refractivity contribution is 5.74. The number of anilines is 1. The van der Waals surface area contributed by atoms with E-state index in [9.17, 15) is 18.0 Å². The summed E-state index contributed by atoms with van der Waals surface area (Å²) in [4.78, 5) is 15.2. The molecule has 1 atom stereocenters. The summed E-state index contributed by atoms with van der Waals surface area (Å²) in [7, 11) is 3.87. The summed E-state index contributed by atoms with van der Waals surface area (Å²) in [6.07, 6.45) is -3.67. The lowest BCUT2D eigenvalue weighted by Crippen LogP contribution is -2.43. The van der Waals surface area contributed by atoms with E-state index >= 15 is 0 Å². The molecule has 2 N–H and O–H groups in total. The number of benzene rings is 1. The first-order chi connectivity index (χ1) is 11.2. The van der Waals surface area contributed by atoms with Gasteiger partial charge in [-0.15, -0.1) is 0 Å². The molecule has 1 saturated heterocycles. The summed E-state index contributed by atoms with van der Waals surface area (Å²) in [5.41, 5.74) is 2.00. The molecular formula is C16H23F3N4O. The van der Waals surface area contributed by atoms with Gasteiger partial charge in [-0.1, -0.05) is 12.1 Å². The lowest BCUT2D eigenvalue weighted by Gasteiger charge is -2.18. The molecule has 134 valence electrons. The summed E-state index contributed by atoms with van der Waals surface area (Å²) in [5.74, 6) is 0. The third kappa shape index (κ3) is 5.92. The second-order valence-electron chi connectivity index (χ2n) is 6.23. The quantitative estimate of drug-likeness (QED) is 0.861. The lowest BCUT2D eigenvalue weighted by molar-refractivity contribution is -0.143. The van der Waals surface area contributed by atoms with Gasteiger partial charge in [0.2, 0.25) is 0 Å². The molecule has 8 heteroatoms. The molecule has 1 aliphatic heterocycles. The third-order valence-electron chi connectivity index (χ3n) is 3.89. The van der Waals surface area contributed by atoms with Crippen molar-refractivity contribution in [3.8, 4) is 0 Å². The van der Waals surface area contributed by atoms with Crippen LogP contribution in [0.5, 0.6) is 0 Å². The monoisotopic (exact) mass is 344 g/mol. The highest BCUT2D eigenvalue weighted by atomic mass is 19.4. The number of amides is 2. The minimum atomic E-state index is -4.20. The van der Waals surface area contributed by atoms with Crippen LogP contribution >= 0.6 is 0 Å². The number of urea groups is 1. The highest BCUT2D eigenvalue weighted by Gasteiger charge is 2.34. The number of halogens is 3. The predicted octanol–water partition coefficient (Wildman–Crippen LogP) is 2.19. The molecule has 0 aliphatic carbocycles. The standard InChI is InChI=1S/C16H23F3N4O/c1-22(2)14-5-3-4-12(8-14)9-20-15(24)21-13-6-7-23(10-13)11-16(17,18)19/h3-5,8,13H,6-7,9-11H2,1-2H3,(H2,20,21,24)/t13-/m0/s1. The van der Waals surface area contributed by atoms with Crippen LogP contribution in [0.3, 0.4) is 0 Å². The van der Waals surface area contributed by atoms with Gasteiger partial charge in [-0.3, -0.25) is 4.90 Å². The Morgan fingerprint density at radius 2 is 2.12 bits per heavy atom. The Labute approximate surface area is 139 Å². The van der Waals surface area contributed by atoms with Gasteiger partial charge in [-0.2, -0.15) is 13.2 Å². The minimum Gasteiger partial charge on any atom is -0.378 e. The van der Waals surface area contributed by atoms with Crippen LogP contribution in [0, 0.1) is 0 Å². The molecular weight excluding hydrogens is 321 g/mol. The first-order valence-electron chi connectivity index (χ1n) is 7.82. The first-order valence-corrected chi connectivity index (χ1v) is 7.82. The predicted molar refractivity (Wildman–Crippen MR) is 87.0 cm³/mol. The molecule has 1 fully saturated rings. The number of hydrogen-bond acceptors (Lipinski definition) is 3. The van der Waals surface area contributed by atoms with Crippen LogP contribution < -0.4 is 15.5 Å². The van der Waals surface area contributed by atoms with Crippen molar-refractivity contribution in [3.63, 3.8) is 0 Å². The molecule has 0 unspecified atom stereocenters. The van der Waals surface area contributed by atoms with Crippen molar-refractivity contribution < 1.29 is 18.0 Å². The van der Waals surface area contributed by atoms with Gasteiger partial charge in [0.15, 0.2) is 0 Å². The number of carbonyl (C=O) groups excluding carboxylic acids is 1. The van der Waals surface area contributed by atoms with Crippen molar-refractivity contribution in [3.05, 3.63) is 29.8 Å². The molecule has 1 aromatic carbocycles. The number of alkyl halides is 3. The minimum absolute atomic E-state index is 0.225. The molecule has 5 nitrogen and oxygen atoms in total. The van der Waals surface area contributed by atoms with Crippen molar-refractivity contribution in [2.75, 3.05) is 38.6 Å². The van der Waals surface area contributed by atoms with E-state index in [1.165, 1.54) is 4.90 Å². The number of hydrogen-bond donors (Lipinski definition) is 2. The van der Waals surface area contributed by atoms with Crippen molar-refractivity contribution in [2.24, 2.45) is 0 Å². The lowest BCUT2D eigenvalue weighted by atomic mass is 10.2. The van der Waals surface area contributed by atoms with Crippen LogP contribution in [0.25, 0.3) is 0 Å². The van der Waals surface area contributed by atoms with Gasteiger partial charge < -0.3 is 15.5 Å². The van der Waals surface area contributed by atoms with Gasteiger partial charge in [0.1, 0.15) is 0 Å². The van der Waals surface area contributed by atoms with Gasteiger partial charge in [-0.05, 0) is 24.1 Å². The fourth-order valence-corrected chi connectivity index (χ4v) is 2.71. The van der Waals surface area contributed by atoms with E-state index in [1.54, 1.807) is 0 Å². The first kappa shape index (κ1) is 18.4. The molecule has 2 rings (SSSR count). The van der Waals surface area contributed by atoms with E-state index in [-0.39, 0.29) is 18.6 Å². The topological polar surface area (TPSA) is 47.6 Å². The summed E-state index contributed by atoms with van der Waals surface area (Å²) >= 11 is 0. The van der Waals surface area contributed by atoms with Crippen molar-refractivity contribution in [2.45, 2.75) is 25.2 Å². The van der Waals surface area contributed by atoms with Crippen LogP contribution in [-0.2, 0) is 6.54 Å². The summed E-state index contributed by atoms with van der Waals surface area (Å²) < 4.78 is 37.1. The van der Waals surface area contributed by atoms with Crippen molar-refractivity contribution in [1.29, 1.82) is 0 Å². The van der Waals surface area contributed by atoms with Crippen LogP contribution in [0.15, 0.2) is 24.3 Å². The Bertz CT molecular complexity index is 562. The maximum Gasteiger partial charge on any atom is 0.401 e. The molecule has 0 bridgehead atoms. The normalized spacial score (nSPS) is 18.5. The molecule has 2 amide bonds. The number of nitrogens with zero attached hydrogens (tertiary/aromatic N) is 2. The number of nitrogens with one attached hydrogen (secondary N) is 2. The number of rotatable bonds is 5. The SMILES string of the molecule is CN(C)c1cccc(CNC(=O)N[C@H]2CCN(CC(F)(F)F)C2)c1. The molecule has 24 heavy (non-hydrogen) atoms. The number of carbonyl (C=O) groups is 1. The van der Waals surface area contributed by atoms with Crippen LogP contribution in [0.2, 0.25) is 0 Å².